The van der Waals surface area contributed by atoms with Crippen LogP contribution in [-0.4, -0.2) is 32.9 Å². The van der Waals surface area contributed by atoms with Crippen LogP contribution < -0.4 is 0 Å². The van der Waals surface area contributed by atoms with Gasteiger partial charge in [0.15, 0.2) is 0 Å². The fourth-order valence-electron chi connectivity index (χ4n) is 0.953. The average Bonchev–Trinajstić information content (AvgIpc) is 2.02. The number of aliphatic hydroxyl groups excluding tert-OH is 1. The molecule has 0 heterocycles. The van der Waals surface area contributed by atoms with Crippen LogP contribution in [0.15, 0.2) is 0 Å². The van der Waals surface area contributed by atoms with Gasteiger partial charge in [0.05, 0.1) is 11.4 Å². The molecular weight excluding hydrogens is 196 g/mol. The summed E-state index contributed by atoms with van der Waals surface area (Å²) in [5.41, 5.74) is 0. The molecule has 0 bridgehead atoms. The zero-order valence-electron chi connectivity index (χ0n) is 7.34. The van der Waals surface area contributed by atoms with Gasteiger partial charge in [-0.2, -0.15) is 0 Å². The molecule has 0 aromatic carbocycles. The van der Waals surface area contributed by atoms with E-state index in [0.717, 1.165) is 0 Å². The lowest BCUT2D eigenvalue weighted by Gasteiger charge is -2.16. The minimum Gasteiger partial charge on any atom is -0.750 e. The normalized spacial score (nSPS) is 17.8. The first kappa shape index (κ1) is 12.7. The van der Waals surface area contributed by atoms with Crippen molar-refractivity contribution in [2.45, 2.75) is 25.9 Å². The highest BCUT2D eigenvalue weighted by atomic mass is 32.2. The minimum absolute atomic E-state index is 0.0210. The molecule has 1 N–H and O–H groups in total. The molecule has 3 atom stereocenters. The lowest BCUT2D eigenvalue weighted by atomic mass is 10.0. The Morgan fingerprint density at radius 1 is 1.69 bits per heavy atom. The van der Waals surface area contributed by atoms with E-state index >= 15 is 0 Å². The number of carbonyl (C=O) groups excluding carboxylic acids is 1. The molecule has 0 saturated heterocycles. The SMILES string of the molecule is CC(CCO)CC(C=O)OS(=O)[O-]. The monoisotopic (exact) mass is 209 g/mol. The van der Waals surface area contributed by atoms with E-state index in [2.05, 4.69) is 4.18 Å². The van der Waals surface area contributed by atoms with Crippen LogP contribution in [-0.2, 0) is 20.3 Å². The first-order valence-corrected chi connectivity index (χ1v) is 4.92. The van der Waals surface area contributed by atoms with Gasteiger partial charge in [-0.05, 0) is 18.8 Å². The topological polar surface area (TPSA) is 86.7 Å². The van der Waals surface area contributed by atoms with Crippen LogP contribution in [0.2, 0.25) is 0 Å². The number of carbonyl (C=O) groups is 1. The maximum absolute atomic E-state index is 10.3. The number of hydrogen-bond acceptors (Lipinski definition) is 5. The van der Waals surface area contributed by atoms with E-state index in [0.29, 0.717) is 19.1 Å². The van der Waals surface area contributed by atoms with Gasteiger partial charge >= 0.3 is 0 Å². The van der Waals surface area contributed by atoms with E-state index in [4.69, 9.17) is 5.11 Å². The van der Waals surface area contributed by atoms with Crippen molar-refractivity contribution in [1.29, 1.82) is 0 Å². The third kappa shape index (κ3) is 6.83. The summed E-state index contributed by atoms with van der Waals surface area (Å²) in [6.45, 7) is 1.83. The van der Waals surface area contributed by atoms with Crippen LogP contribution in [0.5, 0.6) is 0 Å². The smallest absolute Gasteiger partial charge is 0.150 e. The lowest BCUT2D eigenvalue weighted by Crippen LogP contribution is -2.19. The van der Waals surface area contributed by atoms with Crippen LogP contribution in [0.3, 0.4) is 0 Å². The summed E-state index contributed by atoms with van der Waals surface area (Å²) in [6.07, 6.45) is 0.348. The van der Waals surface area contributed by atoms with Gasteiger partial charge in [-0.3, -0.25) is 4.18 Å². The number of aldehydes is 1. The predicted molar refractivity (Wildman–Crippen MR) is 45.3 cm³/mol. The quantitative estimate of drug-likeness (QED) is 0.462. The molecule has 0 aromatic rings. The molecule has 5 nitrogen and oxygen atoms in total. The van der Waals surface area contributed by atoms with Crippen molar-refractivity contribution in [3.63, 3.8) is 0 Å². The summed E-state index contributed by atoms with van der Waals surface area (Å²) in [5, 5.41) is 8.55. The van der Waals surface area contributed by atoms with Gasteiger partial charge in [-0.1, -0.05) is 6.92 Å². The largest absolute Gasteiger partial charge is 0.750 e. The second-order valence-electron chi connectivity index (χ2n) is 2.83. The van der Waals surface area contributed by atoms with Gasteiger partial charge in [0, 0.05) is 6.61 Å². The second-order valence-corrected chi connectivity index (χ2v) is 3.43. The molecule has 0 aromatic heterocycles. The molecule has 0 aliphatic heterocycles. The molecule has 0 fully saturated rings. The Morgan fingerprint density at radius 2 is 2.31 bits per heavy atom. The van der Waals surface area contributed by atoms with Gasteiger partial charge in [-0.15, -0.1) is 0 Å². The molecular formula is C7H13O5S-. The van der Waals surface area contributed by atoms with E-state index in [1.165, 1.54) is 0 Å². The van der Waals surface area contributed by atoms with E-state index in [9.17, 15) is 13.6 Å². The Morgan fingerprint density at radius 3 is 2.69 bits per heavy atom. The number of aliphatic hydroxyl groups is 1. The lowest BCUT2D eigenvalue weighted by molar-refractivity contribution is -0.114. The summed E-state index contributed by atoms with van der Waals surface area (Å²) >= 11 is -2.66. The van der Waals surface area contributed by atoms with Gasteiger partial charge < -0.3 is 14.5 Å². The van der Waals surface area contributed by atoms with Crippen molar-refractivity contribution in [3.8, 4) is 0 Å². The average molecular weight is 209 g/mol. The van der Waals surface area contributed by atoms with Crippen molar-refractivity contribution in [2.75, 3.05) is 6.61 Å². The highest BCUT2D eigenvalue weighted by molar-refractivity contribution is 7.74. The van der Waals surface area contributed by atoms with Crippen molar-refractivity contribution >= 4 is 17.6 Å². The molecule has 78 valence electrons. The Kier molecular flexibility index (Phi) is 6.97. The van der Waals surface area contributed by atoms with Crippen molar-refractivity contribution in [1.82, 2.24) is 0 Å². The molecule has 0 radical (unpaired) electrons. The molecule has 3 unspecified atom stereocenters. The molecule has 0 aliphatic carbocycles. The molecule has 0 rings (SSSR count). The zero-order chi connectivity index (χ0) is 10.3. The summed E-state index contributed by atoms with van der Waals surface area (Å²) in [6, 6.07) is 0. The molecule has 6 heteroatoms. The van der Waals surface area contributed by atoms with E-state index in [1.807, 2.05) is 6.92 Å². The number of rotatable bonds is 7. The molecule has 0 aliphatic rings. The molecule has 0 saturated carbocycles. The first-order chi connectivity index (χ1) is 6.10. The van der Waals surface area contributed by atoms with Crippen molar-refractivity contribution in [2.24, 2.45) is 5.92 Å². The summed E-state index contributed by atoms with van der Waals surface area (Å²) in [4.78, 5) is 10.3. The molecule has 0 amide bonds. The second kappa shape index (κ2) is 7.14. The standard InChI is InChI=1S/C7H14O5S/c1-6(2-3-8)4-7(5-9)12-13(10)11/h5-8H,2-4H2,1H3,(H,10,11)/p-1. The highest BCUT2D eigenvalue weighted by Gasteiger charge is 2.12. The van der Waals surface area contributed by atoms with Crippen molar-refractivity contribution in [3.05, 3.63) is 0 Å². The highest BCUT2D eigenvalue weighted by Crippen LogP contribution is 2.11. The zero-order valence-corrected chi connectivity index (χ0v) is 8.16. The predicted octanol–water partition coefficient (Wildman–Crippen LogP) is -0.227. The van der Waals surface area contributed by atoms with Crippen LogP contribution in [0, 0.1) is 5.92 Å². The van der Waals surface area contributed by atoms with Crippen LogP contribution >= 0.6 is 0 Å². The summed E-state index contributed by atoms with van der Waals surface area (Å²) in [5.74, 6) is 0.0590. The fourth-order valence-corrected chi connectivity index (χ4v) is 1.28. The van der Waals surface area contributed by atoms with Gasteiger partial charge in [0.1, 0.15) is 12.4 Å². The number of hydrogen-bond donors (Lipinski definition) is 1. The third-order valence-electron chi connectivity index (χ3n) is 1.61. The van der Waals surface area contributed by atoms with Crippen molar-refractivity contribution < 1.29 is 22.8 Å². The summed E-state index contributed by atoms with van der Waals surface area (Å²) in [7, 11) is 0. The van der Waals surface area contributed by atoms with Gasteiger partial charge in [0.25, 0.3) is 0 Å². The third-order valence-corrected chi connectivity index (χ3v) is 2.01. The maximum Gasteiger partial charge on any atom is 0.150 e. The first-order valence-electron chi connectivity index (χ1n) is 3.92. The van der Waals surface area contributed by atoms with E-state index < -0.39 is 17.5 Å². The van der Waals surface area contributed by atoms with Crippen LogP contribution in [0.1, 0.15) is 19.8 Å². The Bertz CT molecular complexity index is 172. The Hall–Kier alpha value is -0.300. The molecule has 13 heavy (non-hydrogen) atoms. The Balaban J connectivity index is 3.82. The van der Waals surface area contributed by atoms with Gasteiger partial charge in [-0.25, -0.2) is 4.21 Å². The van der Waals surface area contributed by atoms with E-state index in [-0.39, 0.29) is 12.5 Å². The maximum atomic E-state index is 10.3. The fraction of sp³-hybridized carbons (Fsp3) is 0.857. The minimum atomic E-state index is -2.66. The van der Waals surface area contributed by atoms with E-state index in [1.54, 1.807) is 0 Å². The van der Waals surface area contributed by atoms with Gasteiger partial charge in [0.2, 0.25) is 0 Å². The van der Waals surface area contributed by atoms with Crippen LogP contribution in [0.4, 0.5) is 0 Å². The summed E-state index contributed by atoms with van der Waals surface area (Å²) < 4.78 is 24.4. The molecule has 0 spiro atoms. The Labute approximate surface area is 79.6 Å². The van der Waals surface area contributed by atoms with Crippen LogP contribution in [0.25, 0.3) is 0 Å².